The third-order valence-corrected chi connectivity index (χ3v) is 6.72. The van der Waals surface area contributed by atoms with Gasteiger partial charge in [0.05, 0.1) is 12.1 Å². The van der Waals surface area contributed by atoms with Crippen LogP contribution >= 0.6 is 23.1 Å². The molecule has 1 aliphatic heterocycles. The van der Waals surface area contributed by atoms with Crippen molar-refractivity contribution in [2.75, 3.05) is 12.3 Å². The van der Waals surface area contributed by atoms with Gasteiger partial charge < -0.3 is 15.1 Å². The summed E-state index contributed by atoms with van der Waals surface area (Å²) < 4.78 is 0.690. The minimum atomic E-state index is -1.03. The van der Waals surface area contributed by atoms with Crippen LogP contribution in [0.1, 0.15) is 34.5 Å². The molecule has 2 atom stereocenters. The van der Waals surface area contributed by atoms with Gasteiger partial charge in [0.25, 0.3) is 0 Å². The van der Waals surface area contributed by atoms with E-state index >= 15 is 0 Å². The van der Waals surface area contributed by atoms with Crippen LogP contribution in [-0.2, 0) is 11.2 Å². The summed E-state index contributed by atoms with van der Waals surface area (Å²) in [5, 5.41) is 20.8. The molecule has 1 fully saturated rings. The second-order valence-corrected chi connectivity index (χ2v) is 9.19. The van der Waals surface area contributed by atoms with E-state index in [2.05, 4.69) is 11.1 Å². The predicted octanol–water partition coefficient (Wildman–Crippen LogP) is 3.39. The highest BCUT2D eigenvalue weighted by atomic mass is 32.2. The Labute approximate surface area is 178 Å². The first kappa shape index (κ1) is 21.5. The molecule has 0 spiro atoms. The highest BCUT2D eigenvalue weighted by molar-refractivity contribution is 8.01. The van der Waals surface area contributed by atoms with Crippen molar-refractivity contribution in [2.24, 2.45) is 0 Å². The van der Waals surface area contributed by atoms with Gasteiger partial charge in [0.2, 0.25) is 5.91 Å². The van der Waals surface area contributed by atoms with E-state index in [-0.39, 0.29) is 17.6 Å². The maximum absolute atomic E-state index is 12.2. The first-order chi connectivity index (χ1) is 13.9. The van der Waals surface area contributed by atoms with Gasteiger partial charge in [-0.25, -0.2) is 9.78 Å². The molecule has 1 unspecified atom stereocenters. The fourth-order valence-corrected chi connectivity index (χ4v) is 5.11. The van der Waals surface area contributed by atoms with Crippen LogP contribution in [0.2, 0.25) is 0 Å². The van der Waals surface area contributed by atoms with E-state index < -0.39 is 12.1 Å². The number of thioether (sulfide) groups is 1. The first-order valence-corrected chi connectivity index (χ1v) is 11.3. The van der Waals surface area contributed by atoms with Gasteiger partial charge >= 0.3 is 5.97 Å². The molecule has 29 heavy (non-hydrogen) atoms. The van der Waals surface area contributed by atoms with Gasteiger partial charge in [0.15, 0.2) is 10.0 Å². The summed E-state index contributed by atoms with van der Waals surface area (Å²) in [7, 11) is 0. The van der Waals surface area contributed by atoms with Crippen molar-refractivity contribution >= 4 is 35.0 Å². The number of amides is 1. The molecule has 154 valence electrons. The molecule has 0 bridgehead atoms. The molecule has 1 aromatic carbocycles. The number of carboxylic acid groups (broad SMARTS) is 1. The highest BCUT2D eigenvalue weighted by Crippen LogP contribution is 2.25. The Morgan fingerprint density at radius 1 is 1.48 bits per heavy atom. The molecular weight excluding hydrogens is 408 g/mol. The molecule has 0 saturated carbocycles. The number of aliphatic hydroxyl groups is 1. The maximum atomic E-state index is 12.2. The number of aliphatic hydroxyl groups excluding tert-OH is 1. The second-order valence-electron chi connectivity index (χ2n) is 6.99. The Bertz CT molecular complexity index is 896. The zero-order valence-electron chi connectivity index (χ0n) is 16.2. The second kappa shape index (κ2) is 10.0. The minimum absolute atomic E-state index is 0.0128. The normalized spacial score (nSPS) is 17.9. The largest absolute Gasteiger partial charge is 0.476 e. The van der Waals surface area contributed by atoms with E-state index in [0.29, 0.717) is 29.5 Å². The summed E-state index contributed by atoms with van der Waals surface area (Å²) in [5.74, 6) is -0.273. The van der Waals surface area contributed by atoms with Crippen molar-refractivity contribution in [1.29, 1.82) is 0 Å². The van der Waals surface area contributed by atoms with Gasteiger partial charge in [-0.05, 0) is 18.9 Å². The summed E-state index contributed by atoms with van der Waals surface area (Å²) in [6.45, 7) is 2.59. The van der Waals surface area contributed by atoms with E-state index in [9.17, 15) is 14.7 Å². The Hall–Kier alpha value is -2.16. The number of aryl methyl sites for hydroxylation is 1. The van der Waals surface area contributed by atoms with Crippen LogP contribution < -0.4 is 0 Å². The SMILES string of the molecule is Cc1cccc(CC(O)C=C[C@H]2CCC(=O)N2CCSc2nc(C(=O)O)cs2)c1. The summed E-state index contributed by atoms with van der Waals surface area (Å²) in [6.07, 6.45) is 4.93. The average Bonchev–Trinajstić information content (AvgIpc) is 3.28. The van der Waals surface area contributed by atoms with Crippen molar-refractivity contribution in [2.45, 2.75) is 42.7 Å². The van der Waals surface area contributed by atoms with Gasteiger partial charge in [0.1, 0.15) is 0 Å². The lowest BCUT2D eigenvalue weighted by atomic mass is 10.0. The van der Waals surface area contributed by atoms with Crippen LogP contribution in [0.4, 0.5) is 0 Å². The number of benzene rings is 1. The number of aromatic carboxylic acids is 1. The number of aromatic nitrogens is 1. The minimum Gasteiger partial charge on any atom is -0.476 e. The molecule has 0 aliphatic carbocycles. The number of rotatable bonds is 9. The molecular formula is C21H24N2O4S2. The van der Waals surface area contributed by atoms with Crippen molar-refractivity contribution < 1.29 is 19.8 Å². The van der Waals surface area contributed by atoms with E-state index in [1.165, 1.54) is 34.0 Å². The smallest absolute Gasteiger partial charge is 0.355 e. The summed E-state index contributed by atoms with van der Waals surface area (Å²) in [5.41, 5.74) is 2.31. The van der Waals surface area contributed by atoms with Gasteiger partial charge in [0, 0.05) is 30.5 Å². The number of carbonyl (C=O) groups is 2. The zero-order chi connectivity index (χ0) is 20.8. The number of carbonyl (C=O) groups excluding carboxylic acids is 1. The van der Waals surface area contributed by atoms with Crippen molar-refractivity contribution in [3.63, 3.8) is 0 Å². The molecule has 0 radical (unpaired) electrons. The van der Waals surface area contributed by atoms with Crippen LogP contribution in [0.5, 0.6) is 0 Å². The topological polar surface area (TPSA) is 90.7 Å². The van der Waals surface area contributed by atoms with Crippen LogP contribution in [0, 0.1) is 6.92 Å². The van der Waals surface area contributed by atoms with E-state index in [0.717, 1.165) is 12.0 Å². The molecule has 2 heterocycles. The summed E-state index contributed by atoms with van der Waals surface area (Å²) >= 11 is 2.75. The Kier molecular flexibility index (Phi) is 7.46. The third-order valence-electron chi connectivity index (χ3n) is 4.72. The van der Waals surface area contributed by atoms with Gasteiger partial charge in [-0.3, -0.25) is 4.79 Å². The third kappa shape index (κ3) is 6.16. The quantitative estimate of drug-likeness (QED) is 0.466. The molecule has 1 saturated heterocycles. The number of thiazole rings is 1. The number of hydrogen-bond acceptors (Lipinski definition) is 6. The Morgan fingerprint density at radius 2 is 2.31 bits per heavy atom. The van der Waals surface area contributed by atoms with E-state index in [4.69, 9.17) is 5.11 Å². The molecule has 1 aliphatic rings. The average molecular weight is 433 g/mol. The lowest BCUT2D eigenvalue weighted by molar-refractivity contribution is -0.128. The standard InChI is InChI=1S/C21H24N2O4S2/c1-14-3-2-4-15(11-14)12-17(24)7-5-16-6-8-19(25)23(16)9-10-28-21-22-18(13-29-21)20(26)27/h2-5,7,11,13,16-17,24H,6,8-10,12H2,1H3,(H,26,27)/t16-,17?/m0/s1. The highest BCUT2D eigenvalue weighted by Gasteiger charge is 2.28. The lowest BCUT2D eigenvalue weighted by Crippen LogP contribution is -2.33. The molecule has 1 amide bonds. The number of nitrogens with zero attached hydrogens (tertiary/aromatic N) is 2. The Balaban J connectivity index is 1.51. The lowest BCUT2D eigenvalue weighted by Gasteiger charge is -2.22. The Morgan fingerprint density at radius 3 is 3.03 bits per heavy atom. The molecule has 2 aromatic rings. The van der Waals surface area contributed by atoms with Gasteiger partial charge in [-0.1, -0.05) is 53.7 Å². The maximum Gasteiger partial charge on any atom is 0.355 e. The monoisotopic (exact) mass is 432 g/mol. The number of likely N-dealkylation sites (tertiary alicyclic amines) is 1. The van der Waals surface area contributed by atoms with Gasteiger partial charge in [-0.2, -0.15) is 0 Å². The van der Waals surface area contributed by atoms with E-state index in [1.54, 1.807) is 6.08 Å². The first-order valence-electron chi connectivity index (χ1n) is 9.45. The number of hydrogen-bond donors (Lipinski definition) is 2. The van der Waals surface area contributed by atoms with Crippen LogP contribution in [-0.4, -0.2) is 56.4 Å². The molecule has 6 nitrogen and oxygen atoms in total. The fraction of sp³-hybridized carbons (Fsp3) is 0.381. The van der Waals surface area contributed by atoms with Gasteiger partial charge in [-0.15, -0.1) is 11.3 Å². The van der Waals surface area contributed by atoms with Crippen molar-refractivity contribution in [3.05, 3.63) is 58.6 Å². The fourth-order valence-electron chi connectivity index (χ4n) is 3.30. The van der Waals surface area contributed by atoms with Crippen LogP contribution in [0.25, 0.3) is 0 Å². The molecule has 3 rings (SSSR count). The number of carboxylic acids is 1. The van der Waals surface area contributed by atoms with Crippen molar-refractivity contribution in [1.82, 2.24) is 9.88 Å². The molecule has 8 heteroatoms. The van der Waals surface area contributed by atoms with Crippen LogP contribution in [0.3, 0.4) is 0 Å². The summed E-state index contributed by atoms with van der Waals surface area (Å²) in [6, 6.07) is 8.06. The van der Waals surface area contributed by atoms with E-state index in [1.807, 2.05) is 36.1 Å². The summed E-state index contributed by atoms with van der Waals surface area (Å²) in [4.78, 5) is 29.0. The molecule has 1 aromatic heterocycles. The van der Waals surface area contributed by atoms with Crippen LogP contribution in [0.15, 0.2) is 46.1 Å². The predicted molar refractivity (Wildman–Crippen MR) is 115 cm³/mol. The van der Waals surface area contributed by atoms with Crippen molar-refractivity contribution in [3.8, 4) is 0 Å². The zero-order valence-corrected chi connectivity index (χ0v) is 17.8. The molecule has 2 N–H and O–H groups in total.